The highest BCUT2D eigenvalue weighted by Gasteiger charge is 2.50. The van der Waals surface area contributed by atoms with Gasteiger partial charge in [0.25, 0.3) is 0 Å². The number of hydrogen-bond donors (Lipinski definition) is 2. The van der Waals surface area contributed by atoms with E-state index in [9.17, 15) is 9.90 Å². The van der Waals surface area contributed by atoms with Crippen LogP contribution in [-0.2, 0) is 4.79 Å². The lowest BCUT2D eigenvalue weighted by molar-refractivity contribution is -0.119. The fourth-order valence-corrected chi connectivity index (χ4v) is 7.25. The molecule has 0 aromatic rings. The van der Waals surface area contributed by atoms with Gasteiger partial charge in [0.15, 0.2) is 0 Å². The summed E-state index contributed by atoms with van der Waals surface area (Å²) in [5.41, 5.74) is 4.52. The number of carbonyl (C=O) groups excluding carboxylic acids is 1. The van der Waals surface area contributed by atoms with Crippen LogP contribution in [-0.4, -0.2) is 23.2 Å². The Hall–Kier alpha value is -1.35. The predicted molar refractivity (Wildman–Crippen MR) is 139 cm³/mol. The van der Waals surface area contributed by atoms with E-state index >= 15 is 0 Å². The van der Waals surface area contributed by atoms with Gasteiger partial charge in [0, 0.05) is 6.92 Å². The molecule has 0 unspecified atom stereocenters. The lowest BCUT2D eigenvalue weighted by Crippen LogP contribution is -2.40. The Balaban J connectivity index is 1.71. The Kier molecular flexibility index (Phi) is 8.36. The Labute approximate surface area is 203 Å². The number of carbonyl (C=O) groups is 1. The molecule has 0 spiro atoms. The molecule has 3 saturated carbocycles. The molecule has 3 rings (SSSR count). The molecular weight excluding hydrogens is 406 g/mol. The first-order chi connectivity index (χ1) is 15.4. The fourth-order valence-electron chi connectivity index (χ4n) is 7.25. The number of allylic oxidation sites excluding steroid dienone is 3. The minimum atomic E-state index is -0.418. The third-order valence-electron chi connectivity index (χ3n) is 8.98. The largest absolute Gasteiger partial charge is 0.393 e. The zero-order valence-electron chi connectivity index (χ0n) is 22.2. The Bertz CT molecular complexity index is 786. The van der Waals surface area contributed by atoms with Gasteiger partial charge in [0.2, 0.25) is 5.91 Å². The smallest absolute Gasteiger partial charge is 0.217 e. The molecule has 3 aliphatic rings. The van der Waals surface area contributed by atoms with Crippen LogP contribution in [0.2, 0.25) is 0 Å². The first kappa shape index (κ1) is 26.3. The topological polar surface area (TPSA) is 49.3 Å². The van der Waals surface area contributed by atoms with Crippen molar-refractivity contribution in [2.45, 2.75) is 118 Å². The lowest BCUT2D eigenvalue weighted by atomic mass is 9.60. The van der Waals surface area contributed by atoms with Crippen molar-refractivity contribution in [2.75, 3.05) is 0 Å². The Morgan fingerprint density at radius 3 is 2.70 bits per heavy atom. The Morgan fingerprint density at radius 1 is 1.30 bits per heavy atom. The monoisotopic (exact) mass is 455 g/mol. The molecule has 0 aromatic carbocycles. The molecule has 3 fully saturated rings. The summed E-state index contributed by atoms with van der Waals surface area (Å²) in [4.78, 5) is 11.6. The first-order valence-electron chi connectivity index (χ1n) is 13.4. The molecule has 0 radical (unpaired) electrons. The number of hydrogen-bond acceptors (Lipinski definition) is 2. The number of rotatable bonds is 6. The summed E-state index contributed by atoms with van der Waals surface area (Å²) in [5.74, 6) is 2.25. The molecule has 3 aliphatic carbocycles. The maximum atomic E-state index is 11.6. The second-order valence-electron chi connectivity index (χ2n) is 12.8. The molecule has 0 saturated heterocycles. The van der Waals surface area contributed by atoms with Gasteiger partial charge in [-0.1, -0.05) is 71.8 Å². The maximum Gasteiger partial charge on any atom is 0.217 e. The van der Waals surface area contributed by atoms with Crippen molar-refractivity contribution in [3.63, 3.8) is 0 Å². The molecule has 3 nitrogen and oxygen atoms in total. The molecule has 0 heterocycles. The van der Waals surface area contributed by atoms with Gasteiger partial charge in [-0.25, -0.2) is 0 Å². The normalized spacial score (nSPS) is 36.2. The van der Waals surface area contributed by atoms with Crippen LogP contribution in [0.3, 0.4) is 0 Å². The molecule has 3 heteroatoms. The Morgan fingerprint density at radius 2 is 2.03 bits per heavy atom. The van der Waals surface area contributed by atoms with Crippen LogP contribution in [0.1, 0.15) is 106 Å². The van der Waals surface area contributed by atoms with Crippen LogP contribution >= 0.6 is 0 Å². The average molecular weight is 456 g/mol. The maximum absolute atomic E-state index is 11.6. The molecule has 6 atom stereocenters. The van der Waals surface area contributed by atoms with Gasteiger partial charge in [0.05, 0.1) is 12.1 Å². The van der Waals surface area contributed by atoms with E-state index in [-0.39, 0.29) is 11.9 Å². The molecule has 1 amide bonds. The molecular formula is C30H49NO2. The van der Waals surface area contributed by atoms with E-state index in [0.29, 0.717) is 29.6 Å². The minimum Gasteiger partial charge on any atom is -0.393 e. The number of aliphatic hydroxyl groups is 1. The highest BCUT2D eigenvalue weighted by molar-refractivity contribution is 5.74. The van der Waals surface area contributed by atoms with E-state index in [4.69, 9.17) is 0 Å². The van der Waals surface area contributed by atoms with Crippen molar-refractivity contribution in [3.05, 3.63) is 35.5 Å². The fraction of sp³-hybridized carbons (Fsp3) is 0.767. The van der Waals surface area contributed by atoms with E-state index in [0.717, 1.165) is 23.0 Å². The van der Waals surface area contributed by atoms with Gasteiger partial charge in [-0.2, -0.15) is 0 Å². The molecule has 0 aliphatic heterocycles. The third-order valence-corrected chi connectivity index (χ3v) is 8.98. The van der Waals surface area contributed by atoms with Crippen molar-refractivity contribution >= 4 is 5.91 Å². The number of aliphatic hydroxyl groups excluding tert-OH is 1. The van der Waals surface area contributed by atoms with Crippen LogP contribution in [0.4, 0.5) is 0 Å². The van der Waals surface area contributed by atoms with Gasteiger partial charge >= 0.3 is 0 Å². The van der Waals surface area contributed by atoms with Crippen LogP contribution in [0, 0.1) is 28.6 Å². The highest BCUT2D eigenvalue weighted by Crippen LogP contribution is 2.60. The summed E-state index contributed by atoms with van der Waals surface area (Å²) in [6.07, 6.45) is 15.9. The van der Waals surface area contributed by atoms with Gasteiger partial charge in [0.1, 0.15) is 0 Å². The van der Waals surface area contributed by atoms with Crippen molar-refractivity contribution in [1.29, 1.82) is 0 Å². The highest BCUT2D eigenvalue weighted by atomic mass is 16.3. The van der Waals surface area contributed by atoms with Crippen molar-refractivity contribution in [2.24, 2.45) is 28.6 Å². The van der Waals surface area contributed by atoms with Gasteiger partial charge in [-0.05, 0) is 91.1 Å². The summed E-state index contributed by atoms with van der Waals surface area (Å²) >= 11 is 0. The van der Waals surface area contributed by atoms with Crippen molar-refractivity contribution in [1.82, 2.24) is 5.32 Å². The van der Waals surface area contributed by atoms with Crippen LogP contribution in [0.5, 0.6) is 0 Å². The number of amides is 1. The van der Waals surface area contributed by atoms with E-state index < -0.39 is 6.10 Å². The molecule has 186 valence electrons. The SMILES string of the molecule is C=C1/C(=C\C=C2/CCC[C@]3(C)[C@@H]([C@H](C)CCCC(C)(C)C)CC[C@@H]23)C[C@@H](O)C[C@H]1NC(C)=O. The van der Waals surface area contributed by atoms with Gasteiger partial charge in [-0.3, -0.25) is 4.79 Å². The van der Waals surface area contributed by atoms with Crippen LogP contribution in [0.15, 0.2) is 35.5 Å². The third kappa shape index (κ3) is 6.41. The van der Waals surface area contributed by atoms with Crippen molar-refractivity contribution < 1.29 is 9.90 Å². The zero-order chi connectivity index (χ0) is 24.4. The van der Waals surface area contributed by atoms with E-state index in [2.05, 4.69) is 58.7 Å². The number of fused-ring (bicyclic) bond motifs is 1. The van der Waals surface area contributed by atoms with Crippen LogP contribution < -0.4 is 5.32 Å². The predicted octanol–water partition coefficient (Wildman–Crippen LogP) is 7.12. The first-order valence-corrected chi connectivity index (χ1v) is 13.4. The molecule has 0 bridgehead atoms. The summed E-state index contributed by atoms with van der Waals surface area (Å²) in [6, 6.07) is -0.155. The standard InChI is InChI=1S/C30H49NO2/c1-20(10-8-16-29(4,5)6)26-14-15-27-23(11-9-17-30(26,27)7)12-13-24-18-25(33)19-28(21(24)2)31-22(3)32/h12-13,20,25-28,33H,2,8-11,14-19H2,1,3-7H3,(H,31,32)/b23-12+,24-13-/t20-,25-,26-,27+,28-,30-/m1/s1. The summed E-state index contributed by atoms with van der Waals surface area (Å²) in [5, 5.41) is 13.3. The van der Waals surface area contributed by atoms with Gasteiger partial charge in [-0.15, -0.1) is 0 Å². The van der Waals surface area contributed by atoms with Crippen LogP contribution in [0.25, 0.3) is 0 Å². The summed E-state index contributed by atoms with van der Waals surface area (Å²) < 4.78 is 0. The van der Waals surface area contributed by atoms with Crippen molar-refractivity contribution in [3.8, 4) is 0 Å². The zero-order valence-corrected chi connectivity index (χ0v) is 22.2. The van der Waals surface area contributed by atoms with E-state index in [1.807, 2.05) is 0 Å². The summed E-state index contributed by atoms with van der Waals surface area (Å²) in [7, 11) is 0. The van der Waals surface area contributed by atoms with E-state index in [1.54, 1.807) is 5.57 Å². The number of nitrogens with one attached hydrogen (secondary N) is 1. The van der Waals surface area contributed by atoms with Gasteiger partial charge < -0.3 is 10.4 Å². The molecule has 0 aromatic heterocycles. The quantitative estimate of drug-likeness (QED) is 0.448. The average Bonchev–Trinajstić information content (AvgIpc) is 3.05. The lowest BCUT2D eigenvalue weighted by Gasteiger charge is -2.44. The summed E-state index contributed by atoms with van der Waals surface area (Å²) in [6.45, 7) is 18.0. The second-order valence-corrected chi connectivity index (χ2v) is 12.8. The molecule has 2 N–H and O–H groups in total. The minimum absolute atomic E-state index is 0.0652. The molecule has 33 heavy (non-hydrogen) atoms. The second kappa shape index (κ2) is 10.5. The van der Waals surface area contributed by atoms with E-state index in [1.165, 1.54) is 58.3 Å².